The second-order valence-electron chi connectivity index (χ2n) is 6.06. The number of anilines is 1. The molecule has 4 aromatic rings. The number of aromatic nitrogens is 3. The van der Waals surface area contributed by atoms with Crippen molar-refractivity contribution in [2.75, 3.05) is 5.32 Å². The molecule has 1 N–H and O–H groups in total. The minimum absolute atomic E-state index is 0.0933. The lowest BCUT2D eigenvalue weighted by atomic mass is 10.0. The van der Waals surface area contributed by atoms with Gasteiger partial charge in [-0.15, -0.1) is 0 Å². The van der Waals surface area contributed by atoms with Gasteiger partial charge in [-0.1, -0.05) is 24.3 Å². The quantitative estimate of drug-likeness (QED) is 0.598. The Morgan fingerprint density at radius 2 is 1.70 bits per heavy atom. The summed E-state index contributed by atoms with van der Waals surface area (Å²) in [6, 6.07) is 14.3. The molecule has 2 heterocycles. The number of hydrogen-bond acceptors (Lipinski definition) is 3. The van der Waals surface area contributed by atoms with Crippen molar-refractivity contribution in [2.24, 2.45) is 0 Å². The van der Waals surface area contributed by atoms with Gasteiger partial charge < -0.3 is 5.32 Å². The van der Waals surface area contributed by atoms with E-state index in [-0.39, 0.29) is 18.0 Å². The number of halogens is 2. The molecular formula is C20H14F2N4O. The van der Waals surface area contributed by atoms with E-state index in [1.807, 2.05) is 42.6 Å². The maximum absolute atomic E-state index is 13.2. The van der Waals surface area contributed by atoms with Gasteiger partial charge in [0, 0.05) is 18.0 Å². The van der Waals surface area contributed by atoms with Gasteiger partial charge in [0.05, 0.1) is 6.42 Å². The molecule has 5 nitrogen and oxygen atoms in total. The molecule has 0 atom stereocenters. The summed E-state index contributed by atoms with van der Waals surface area (Å²) in [6.07, 6.45) is 3.42. The van der Waals surface area contributed by atoms with Crippen LogP contribution in [0.5, 0.6) is 0 Å². The normalized spacial score (nSPS) is 10.9. The Hall–Kier alpha value is -3.61. The molecule has 27 heavy (non-hydrogen) atoms. The van der Waals surface area contributed by atoms with Crippen LogP contribution in [-0.4, -0.2) is 20.5 Å². The largest absolute Gasteiger partial charge is 0.326 e. The van der Waals surface area contributed by atoms with Crippen molar-refractivity contribution in [2.45, 2.75) is 6.42 Å². The highest BCUT2D eigenvalue weighted by Gasteiger charge is 2.08. The summed E-state index contributed by atoms with van der Waals surface area (Å²) >= 11 is 0. The van der Waals surface area contributed by atoms with Crippen molar-refractivity contribution in [1.29, 1.82) is 0 Å². The van der Waals surface area contributed by atoms with Gasteiger partial charge in [0.2, 0.25) is 5.91 Å². The zero-order chi connectivity index (χ0) is 18.8. The molecular weight excluding hydrogens is 350 g/mol. The number of hydrogen-bond donors (Lipinski definition) is 1. The van der Waals surface area contributed by atoms with Gasteiger partial charge in [-0.2, -0.15) is 5.10 Å². The lowest BCUT2D eigenvalue weighted by Gasteiger charge is -2.07. The Kier molecular flexibility index (Phi) is 4.33. The third-order valence-corrected chi connectivity index (χ3v) is 4.08. The molecule has 2 aromatic carbocycles. The molecule has 0 bridgehead atoms. The molecule has 4 rings (SSSR count). The molecule has 0 aliphatic carbocycles. The maximum atomic E-state index is 13.2. The standard InChI is InChI=1S/C20H14F2N4O/c21-16-9-17(22)11-18(10-16)25-20(27)7-13-1-3-14(4-2-13)15-5-6-26-19(8-15)23-12-24-26/h1-6,8-12H,7H2,(H,25,27). The van der Waals surface area contributed by atoms with Gasteiger partial charge >= 0.3 is 0 Å². The van der Waals surface area contributed by atoms with Gasteiger partial charge in [0.1, 0.15) is 18.0 Å². The molecule has 1 amide bonds. The van der Waals surface area contributed by atoms with Crippen LogP contribution >= 0.6 is 0 Å². The Balaban J connectivity index is 1.46. The lowest BCUT2D eigenvalue weighted by molar-refractivity contribution is -0.115. The van der Waals surface area contributed by atoms with Gasteiger partial charge in [-0.3, -0.25) is 4.79 Å². The van der Waals surface area contributed by atoms with Crippen LogP contribution in [0.4, 0.5) is 14.5 Å². The summed E-state index contributed by atoms with van der Waals surface area (Å²) in [6.45, 7) is 0. The fourth-order valence-electron chi connectivity index (χ4n) is 2.83. The topological polar surface area (TPSA) is 59.3 Å². The number of carbonyl (C=O) groups is 1. The van der Waals surface area contributed by atoms with Crippen molar-refractivity contribution in [3.8, 4) is 11.1 Å². The molecule has 0 aliphatic rings. The highest BCUT2D eigenvalue weighted by atomic mass is 19.1. The van der Waals surface area contributed by atoms with Crippen molar-refractivity contribution in [3.63, 3.8) is 0 Å². The summed E-state index contributed by atoms with van der Waals surface area (Å²) in [7, 11) is 0. The number of nitrogens with zero attached hydrogens (tertiary/aromatic N) is 3. The molecule has 0 saturated heterocycles. The molecule has 134 valence electrons. The van der Waals surface area contributed by atoms with E-state index in [2.05, 4.69) is 15.4 Å². The summed E-state index contributed by atoms with van der Waals surface area (Å²) in [5, 5.41) is 6.56. The maximum Gasteiger partial charge on any atom is 0.228 e. The monoisotopic (exact) mass is 364 g/mol. The predicted molar refractivity (Wildman–Crippen MR) is 97.1 cm³/mol. The third-order valence-electron chi connectivity index (χ3n) is 4.08. The molecule has 0 radical (unpaired) electrons. The van der Waals surface area contributed by atoms with Crippen LogP contribution in [0.3, 0.4) is 0 Å². The number of benzene rings is 2. The first-order valence-electron chi connectivity index (χ1n) is 8.21. The van der Waals surface area contributed by atoms with Crippen LogP contribution in [0, 0.1) is 11.6 Å². The van der Waals surface area contributed by atoms with Gasteiger partial charge in [-0.25, -0.2) is 18.3 Å². The smallest absolute Gasteiger partial charge is 0.228 e. The first kappa shape index (κ1) is 16.8. The molecule has 0 fully saturated rings. The van der Waals surface area contributed by atoms with E-state index in [4.69, 9.17) is 0 Å². The average molecular weight is 364 g/mol. The van der Waals surface area contributed by atoms with Crippen LogP contribution in [0.15, 0.2) is 67.1 Å². The summed E-state index contributed by atoms with van der Waals surface area (Å²) < 4.78 is 28.1. The SMILES string of the molecule is O=C(Cc1ccc(-c2ccn3ncnc3c2)cc1)Nc1cc(F)cc(F)c1. The molecule has 0 spiro atoms. The first-order valence-corrected chi connectivity index (χ1v) is 8.21. The second-order valence-corrected chi connectivity index (χ2v) is 6.06. The number of pyridine rings is 1. The zero-order valence-electron chi connectivity index (χ0n) is 14.1. The highest BCUT2D eigenvalue weighted by molar-refractivity contribution is 5.92. The Labute approximate surface area is 153 Å². The van der Waals surface area contributed by atoms with Crippen LogP contribution < -0.4 is 5.32 Å². The fraction of sp³-hybridized carbons (Fsp3) is 0.0500. The van der Waals surface area contributed by atoms with Crippen LogP contribution in [-0.2, 0) is 11.2 Å². The van der Waals surface area contributed by atoms with E-state index in [1.165, 1.54) is 6.33 Å². The number of nitrogens with one attached hydrogen (secondary N) is 1. The molecule has 7 heteroatoms. The Bertz CT molecular complexity index is 1100. The average Bonchev–Trinajstić information content (AvgIpc) is 3.09. The van der Waals surface area contributed by atoms with Crippen molar-refractivity contribution >= 4 is 17.2 Å². The molecule has 0 unspecified atom stereocenters. The first-order chi connectivity index (χ1) is 13.1. The van der Waals surface area contributed by atoms with Crippen LogP contribution in [0.2, 0.25) is 0 Å². The number of amides is 1. The second kappa shape index (κ2) is 6.95. The summed E-state index contributed by atoms with van der Waals surface area (Å²) in [4.78, 5) is 16.3. The van der Waals surface area contributed by atoms with E-state index in [1.54, 1.807) is 4.52 Å². The summed E-state index contributed by atoms with van der Waals surface area (Å²) in [5.74, 6) is -1.82. The van der Waals surface area contributed by atoms with Gasteiger partial charge in [-0.05, 0) is 41.0 Å². The van der Waals surface area contributed by atoms with Crippen LogP contribution in [0.1, 0.15) is 5.56 Å². The predicted octanol–water partition coefficient (Wildman–Crippen LogP) is 3.86. The lowest BCUT2D eigenvalue weighted by Crippen LogP contribution is -2.14. The number of carbonyl (C=O) groups excluding carboxylic acids is 1. The minimum atomic E-state index is -0.737. The van der Waals surface area contributed by atoms with Gasteiger partial charge in [0.25, 0.3) is 0 Å². The van der Waals surface area contributed by atoms with E-state index >= 15 is 0 Å². The highest BCUT2D eigenvalue weighted by Crippen LogP contribution is 2.21. The van der Waals surface area contributed by atoms with E-state index in [0.717, 1.165) is 40.5 Å². The number of fused-ring (bicyclic) bond motifs is 1. The van der Waals surface area contributed by atoms with Crippen molar-refractivity contribution < 1.29 is 13.6 Å². The third kappa shape index (κ3) is 3.82. The van der Waals surface area contributed by atoms with Crippen molar-refractivity contribution in [3.05, 3.63) is 84.3 Å². The Morgan fingerprint density at radius 1 is 0.963 bits per heavy atom. The van der Waals surface area contributed by atoms with E-state index in [9.17, 15) is 13.6 Å². The molecule has 0 aliphatic heterocycles. The minimum Gasteiger partial charge on any atom is -0.326 e. The van der Waals surface area contributed by atoms with Gasteiger partial charge in [0.15, 0.2) is 5.65 Å². The zero-order valence-corrected chi connectivity index (χ0v) is 14.1. The Morgan fingerprint density at radius 3 is 2.44 bits per heavy atom. The number of rotatable bonds is 4. The fourth-order valence-corrected chi connectivity index (χ4v) is 2.83. The summed E-state index contributed by atoms with van der Waals surface area (Å²) in [5.41, 5.74) is 3.60. The molecule has 0 saturated carbocycles. The van der Waals surface area contributed by atoms with Crippen LogP contribution in [0.25, 0.3) is 16.8 Å². The molecule has 2 aromatic heterocycles. The van der Waals surface area contributed by atoms with Crippen molar-refractivity contribution in [1.82, 2.24) is 14.6 Å². The van der Waals surface area contributed by atoms with E-state index in [0.29, 0.717) is 0 Å². The van der Waals surface area contributed by atoms with E-state index < -0.39 is 11.6 Å².